The van der Waals surface area contributed by atoms with Gasteiger partial charge in [0, 0.05) is 19.0 Å². The van der Waals surface area contributed by atoms with Crippen molar-refractivity contribution in [3.8, 4) is 10.6 Å². The minimum Gasteiger partial charge on any atom is -0.355 e. The Morgan fingerprint density at radius 2 is 1.89 bits per heavy atom. The van der Waals surface area contributed by atoms with Crippen LogP contribution in [0.25, 0.3) is 10.6 Å². The molecule has 0 aliphatic carbocycles. The first kappa shape index (κ1) is 17.9. The van der Waals surface area contributed by atoms with Gasteiger partial charge in [0.15, 0.2) is 5.82 Å². The first-order valence-electron chi connectivity index (χ1n) is 8.88. The van der Waals surface area contributed by atoms with Crippen molar-refractivity contribution in [2.45, 2.75) is 12.8 Å². The molecule has 2 aromatic heterocycles. The molecular formula is C20H19ClN4OS. The van der Waals surface area contributed by atoms with Crippen LogP contribution in [0.1, 0.15) is 12.8 Å². The van der Waals surface area contributed by atoms with E-state index in [0.717, 1.165) is 42.3 Å². The van der Waals surface area contributed by atoms with Crippen LogP contribution in [0.2, 0.25) is 5.02 Å². The number of thiophene rings is 1. The van der Waals surface area contributed by atoms with Gasteiger partial charge in [-0.25, -0.2) is 0 Å². The molecule has 1 fully saturated rings. The SMILES string of the molecule is O=C(Nc1ccccc1Cl)C1CCN(c2ccc(-c3cccs3)nn2)CC1. The Hall–Kier alpha value is -2.44. The largest absolute Gasteiger partial charge is 0.355 e. The number of carbonyl (C=O) groups excluding carboxylic acids is 1. The fraction of sp³-hybridized carbons (Fsp3) is 0.250. The summed E-state index contributed by atoms with van der Waals surface area (Å²) in [7, 11) is 0. The average Bonchev–Trinajstić information content (AvgIpc) is 3.25. The molecule has 3 heterocycles. The van der Waals surface area contributed by atoms with Crippen LogP contribution in [0.3, 0.4) is 0 Å². The lowest BCUT2D eigenvalue weighted by Gasteiger charge is -2.31. The molecule has 7 heteroatoms. The Kier molecular flexibility index (Phi) is 5.36. The highest BCUT2D eigenvalue weighted by Crippen LogP contribution is 2.27. The highest BCUT2D eigenvalue weighted by atomic mass is 35.5. The maximum Gasteiger partial charge on any atom is 0.227 e. The fourth-order valence-corrected chi connectivity index (χ4v) is 4.09. The number of nitrogens with one attached hydrogen (secondary N) is 1. The van der Waals surface area contributed by atoms with E-state index in [1.807, 2.05) is 47.8 Å². The van der Waals surface area contributed by atoms with E-state index in [4.69, 9.17) is 11.6 Å². The lowest BCUT2D eigenvalue weighted by atomic mass is 9.96. The summed E-state index contributed by atoms with van der Waals surface area (Å²) in [5.41, 5.74) is 1.56. The fourth-order valence-electron chi connectivity index (χ4n) is 3.22. The van der Waals surface area contributed by atoms with E-state index in [1.54, 1.807) is 17.4 Å². The van der Waals surface area contributed by atoms with Crippen LogP contribution in [0.4, 0.5) is 11.5 Å². The summed E-state index contributed by atoms with van der Waals surface area (Å²) in [5.74, 6) is 0.873. The van der Waals surface area contributed by atoms with E-state index in [9.17, 15) is 4.79 Å². The van der Waals surface area contributed by atoms with Gasteiger partial charge in [-0.05, 0) is 48.6 Å². The molecule has 0 bridgehead atoms. The second-order valence-electron chi connectivity index (χ2n) is 6.48. The van der Waals surface area contributed by atoms with Crippen molar-refractivity contribution in [3.63, 3.8) is 0 Å². The molecule has 0 spiro atoms. The van der Waals surface area contributed by atoms with Crippen LogP contribution in [0.15, 0.2) is 53.9 Å². The minimum atomic E-state index is -0.0177. The Labute approximate surface area is 167 Å². The number of halogens is 1. The van der Waals surface area contributed by atoms with Crippen LogP contribution >= 0.6 is 22.9 Å². The summed E-state index contributed by atoms with van der Waals surface area (Å²) in [5, 5.41) is 14.2. The Bertz CT molecular complexity index is 906. The van der Waals surface area contributed by atoms with Gasteiger partial charge < -0.3 is 10.2 Å². The number of aromatic nitrogens is 2. The predicted molar refractivity (Wildman–Crippen MR) is 110 cm³/mol. The zero-order valence-corrected chi connectivity index (χ0v) is 16.2. The number of hydrogen-bond acceptors (Lipinski definition) is 5. The number of anilines is 2. The van der Waals surface area contributed by atoms with Gasteiger partial charge in [0.25, 0.3) is 0 Å². The molecule has 0 saturated carbocycles. The number of amides is 1. The van der Waals surface area contributed by atoms with E-state index in [-0.39, 0.29) is 11.8 Å². The number of benzene rings is 1. The van der Waals surface area contributed by atoms with Crippen molar-refractivity contribution in [1.29, 1.82) is 0 Å². The second-order valence-corrected chi connectivity index (χ2v) is 7.84. The molecule has 4 rings (SSSR count). The van der Waals surface area contributed by atoms with E-state index in [1.165, 1.54) is 0 Å². The van der Waals surface area contributed by atoms with Crippen molar-refractivity contribution in [3.05, 3.63) is 58.9 Å². The second kappa shape index (κ2) is 8.06. The van der Waals surface area contributed by atoms with Gasteiger partial charge in [-0.2, -0.15) is 0 Å². The topological polar surface area (TPSA) is 58.1 Å². The van der Waals surface area contributed by atoms with Crippen LogP contribution < -0.4 is 10.2 Å². The summed E-state index contributed by atoms with van der Waals surface area (Å²) in [6.07, 6.45) is 1.56. The van der Waals surface area contributed by atoms with Gasteiger partial charge in [0.05, 0.1) is 15.6 Å². The summed E-state index contributed by atoms with van der Waals surface area (Å²) in [6.45, 7) is 1.57. The first-order chi connectivity index (χ1) is 13.2. The summed E-state index contributed by atoms with van der Waals surface area (Å²) < 4.78 is 0. The standard InChI is InChI=1S/C20H19ClN4OS/c21-15-4-1-2-5-16(15)22-20(26)14-9-11-25(12-10-14)19-8-7-17(23-24-19)18-6-3-13-27-18/h1-8,13-14H,9-12H2,(H,22,26). The summed E-state index contributed by atoms with van der Waals surface area (Å²) in [6, 6.07) is 15.4. The Morgan fingerprint density at radius 1 is 1.07 bits per heavy atom. The molecule has 1 aliphatic heterocycles. The molecule has 5 nitrogen and oxygen atoms in total. The molecule has 1 amide bonds. The van der Waals surface area contributed by atoms with Crippen molar-refractivity contribution in [2.24, 2.45) is 5.92 Å². The third kappa shape index (κ3) is 4.12. The Morgan fingerprint density at radius 3 is 2.56 bits per heavy atom. The first-order valence-corrected chi connectivity index (χ1v) is 10.1. The molecule has 3 aromatic rings. The normalized spacial score (nSPS) is 14.9. The molecule has 1 saturated heterocycles. The smallest absolute Gasteiger partial charge is 0.227 e. The number of rotatable bonds is 4. The molecule has 138 valence electrons. The van der Waals surface area contributed by atoms with Crippen LogP contribution in [0.5, 0.6) is 0 Å². The number of nitrogens with zero attached hydrogens (tertiary/aromatic N) is 3. The van der Waals surface area contributed by atoms with E-state index in [2.05, 4.69) is 20.4 Å². The summed E-state index contributed by atoms with van der Waals surface area (Å²) >= 11 is 7.78. The van der Waals surface area contributed by atoms with Crippen LogP contribution in [-0.4, -0.2) is 29.2 Å². The van der Waals surface area contributed by atoms with E-state index < -0.39 is 0 Å². The van der Waals surface area contributed by atoms with E-state index >= 15 is 0 Å². The zero-order chi connectivity index (χ0) is 18.6. The van der Waals surface area contributed by atoms with E-state index in [0.29, 0.717) is 10.7 Å². The van der Waals surface area contributed by atoms with Crippen molar-refractivity contribution < 1.29 is 4.79 Å². The maximum absolute atomic E-state index is 12.5. The lowest BCUT2D eigenvalue weighted by molar-refractivity contribution is -0.120. The van der Waals surface area contributed by atoms with Gasteiger partial charge in [0.2, 0.25) is 5.91 Å². The molecule has 0 atom stereocenters. The number of hydrogen-bond donors (Lipinski definition) is 1. The van der Waals surface area contributed by atoms with Crippen molar-refractivity contribution >= 4 is 40.4 Å². The monoisotopic (exact) mass is 398 g/mol. The van der Waals surface area contributed by atoms with Gasteiger partial charge >= 0.3 is 0 Å². The van der Waals surface area contributed by atoms with Gasteiger partial charge in [-0.1, -0.05) is 29.8 Å². The minimum absolute atomic E-state index is 0.0177. The van der Waals surface area contributed by atoms with Gasteiger partial charge in [-0.3, -0.25) is 4.79 Å². The number of piperidine rings is 1. The highest BCUT2D eigenvalue weighted by Gasteiger charge is 2.26. The lowest BCUT2D eigenvalue weighted by Crippen LogP contribution is -2.38. The van der Waals surface area contributed by atoms with Crippen molar-refractivity contribution in [2.75, 3.05) is 23.3 Å². The average molecular weight is 399 g/mol. The molecule has 27 heavy (non-hydrogen) atoms. The molecule has 1 N–H and O–H groups in total. The molecule has 0 radical (unpaired) electrons. The van der Waals surface area contributed by atoms with Crippen molar-refractivity contribution in [1.82, 2.24) is 10.2 Å². The maximum atomic E-state index is 12.5. The Balaban J connectivity index is 1.34. The van der Waals surface area contributed by atoms with Crippen LogP contribution in [0, 0.1) is 5.92 Å². The zero-order valence-electron chi connectivity index (χ0n) is 14.6. The third-order valence-electron chi connectivity index (χ3n) is 4.75. The predicted octanol–water partition coefficient (Wildman–Crippen LogP) is 4.71. The highest BCUT2D eigenvalue weighted by molar-refractivity contribution is 7.13. The summed E-state index contributed by atoms with van der Waals surface area (Å²) in [4.78, 5) is 15.8. The molecular weight excluding hydrogens is 380 g/mol. The number of carbonyl (C=O) groups is 1. The van der Waals surface area contributed by atoms with Gasteiger partial charge in [-0.15, -0.1) is 21.5 Å². The third-order valence-corrected chi connectivity index (χ3v) is 5.97. The van der Waals surface area contributed by atoms with Crippen LogP contribution in [-0.2, 0) is 4.79 Å². The number of para-hydroxylation sites is 1. The molecule has 1 aliphatic rings. The molecule has 0 unspecified atom stereocenters. The van der Waals surface area contributed by atoms with Gasteiger partial charge in [0.1, 0.15) is 5.69 Å². The quantitative estimate of drug-likeness (QED) is 0.691. The molecule has 1 aromatic carbocycles.